The molecule has 0 radical (unpaired) electrons. The highest BCUT2D eigenvalue weighted by atomic mass is 35.5. The van der Waals surface area contributed by atoms with Gasteiger partial charge in [0, 0.05) is 30.7 Å². The molecule has 3 rings (SSSR count). The number of benzene rings is 3. The lowest BCUT2D eigenvalue weighted by atomic mass is 10.1. The summed E-state index contributed by atoms with van der Waals surface area (Å²) in [5, 5.41) is 3.42. The highest BCUT2D eigenvalue weighted by Gasteiger charge is 2.22. The van der Waals surface area contributed by atoms with Crippen LogP contribution in [-0.2, 0) is 21.4 Å². The van der Waals surface area contributed by atoms with Gasteiger partial charge in [-0.05, 0) is 67.9 Å². The largest absolute Gasteiger partial charge is 0.350 e. The molecule has 184 valence electrons. The summed E-state index contributed by atoms with van der Waals surface area (Å²) in [4.78, 5) is 27.0. The van der Waals surface area contributed by atoms with Gasteiger partial charge in [0.05, 0.1) is 17.1 Å². The highest BCUT2D eigenvalue weighted by molar-refractivity contribution is 7.92. The first-order chi connectivity index (χ1) is 16.6. The number of amides is 2. The lowest BCUT2D eigenvalue weighted by Gasteiger charge is -2.22. The van der Waals surface area contributed by atoms with E-state index in [9.17, 15) is 18.0 Å². The van der Waals surface area contributed by atoms with Crippen LogP contribution in [0.2, 0.25) is 5.02 Å². The number of carbonyl (C=O) groups excluding carboxylic acids is 2. The first kappa shape index (κ1) is 26.2. The number of hydrogen-bond acceptors (Lipinski definition) is 4. The van der Waals surface area contributed by atoms with Crippen LogP contribution >= 0.6 is 11.6 Å². The van der Waals surface area contributed by atoms with Crippen LogP contribution < -0.4 is 9.62 Å². The number of halogens is 1. The summed E-state index contributed by atoms with van der Waals surface area (Å²) >= 11 is 5.87. The Balaban J connectivity index is 1.64. The molecule has 0 aliphatic rings. The highest BCUT2D eigenvalue weighted by Crippen LogP contribution is 2.23. The molecule has 0 aliphatic heterocycles. The van der Waals surface area contributed by atoms with Gasteiger partial charge in [0.25, 0.3) is 15.9 Å². The minimum Gasteiger partial charge on any atom is -0.350 e. The number of sulfonamides is 1. The molecule has 0 aromatic heterocycles. The predicted molar refractivity (Wildman–Crippen MR) is 138 cm³/mol. The fourth-order valence-corrected chi connectivity index (χ4v) is 4.68. The molecule has 0 saturated heterocycles. The van der Waals surface area contributed by atoms with Crippen molar-refractivity contribution in [3.63, 3.8) is 0 Å². The normalized spacial score (nSPS) is 11.1. The average molecular weight is 514 g/mol. The minimum absolute atomic E-state index is 0.0909. The van der Waals surface area contributed by atoms with Crippen molar-refractivity contribution < 1.29 is 18.0 Å². The van der Waals surface area contributed by atoms with Crippen LogP contribution in [0.1, 0.15) is 28.4 Å². The molecule has 0 heterocycles. The topological polar surface area (TPSA) is 86.8 Å². The van der Waals surface area contributed by atoms with Crippen molar-refractivity contribution in [1.82, 2.24) is 10.2 Å². The van der Waals surface area contributed by atoms with Gasteiger partial charge >= 0.3 is 0 Å². The lowest BCUT2D eigenvalue weighted by molar-refractivity contribution is -0.121. The Hall–Kier alpha value is -3.36. The van der Waals surface area contributed by atoms with E-state index in [1.165, 1.54) is 16.3 Å². The number of rotatable bonds is 9. The molecule has 2 amide bonds. The Bertz CT molecular complexity index is 1280. The van der Waals surface area contributed by atoms with Crippen LogP contribution in [0.15, 0.2) is 77.7 Å². The van der Waals surface area contributed by atoms with E-state index < -0.39 is 10.0 Å². The summed E-state index contributed by atoms with van der Waals surface area (Å²) in [6, 6.07) is 20.0. The zero-order chi connectivity index (χ0) is 25.6. The van der Waals surface area contributed by atoms with Crippen molar-refractivity contribution in [3.05, 3.63) is 94.5 Å². The second-order valence-corrected chi connectivity index (χ2v) is 10.5. The molecule has 0 atom stereocenters. The van der Waals surface area contributed by atoms with Gasteiger partial charge in [-0.2, -0.15) is 0 Å². The molecule has 0 bridgehead atoms. The van der Waals surface area contributed by atoms with Gasteiger partial charge in [-0.25, -0.2) is 8.42 Å². The Kier molecular flexibility index (Phi) is 8.53. The first-order valence-corrected chi connectivity index (χ1v) is 12.9. The predicted octanol–water partition coefficient (Wildman–Crippen LogP) is 4.25. The smallest absolute Gasteiger partial charge is 0.264 e. The average Bonchev–Trinajstić information content (AvgIpc) is 2.86. The monoisotopic (exact) mass is 513 g/mol. The maximum absolute atomic E-state index is 13.0. The van der Waals surface area contributed by atoms with Crippen molar-refractivity contribution in [1.29, 1.82) is 0 Å². The van der Waals surface area contributed by atoms with Crippen LogP contribution in [0.25, 0.3) is 0 Å². The second-order valence-electron chi connectivity index (χ2n) is 8.05. The van der Waals surface area contributed by atoms with Crippen LogP contribution in [0.3, 0.4) is 0 Å². The third-order valence-corrected chi connectivity index (χ3v) is 7.62. The number of nitrogens with zero attached hydrogens (tertiary/aromatic N) is 2. The molecule has 1 N–H and O–H groups in total. The SMILES string of the molecule is CCN(CC(=O)NCc1ccc(Cl)cc1)C(=O)c1ccc(N(C)S(=O)(=O)c2ccc(C)cc2)cc1. The molecule has 0 aliphatic carbocycles. The molecule has 0 saturated carbocycles. The van der Waals surface area contributed by atoms with Crippen molar-refractivity contribution in [2.45, 2.75) is 25.3 Å². The van der Waals surface area contributed by atoms with Crippen LogP contribution in [0.4, 0.5) is 5.69 Å². The molecule has 9 heteroatoms. The molecular weight excluding hydrogens is 486 g/mol. The quantitative estimate of drug-likeness (QED) is 0.463. The standard InChI is InChI=1S/C26H28ClN3O4S/c1-4-30(18-25(31)28-17-20-7-11-22(27)12-8-20)26(32)21-9-13-23(14-10-21)29(3)35(33,34)24-15-5-19(2)6-16-24/h5-16H,4,17-18H2,1-3H3,(H,28,31). The fraction of sp³-hybridized carbons (Fsp3) is 0.231. The van der Waals surface area contributed by atoms with E-state index in [4.69, 9.17) is 11.6 Å². The van der Waals surface area contributed by atoms with Gasteiger partial charge in [0.1, 0.15) is 0 Å². The molecular formula is C26H28ClN3O4S. The molecule has 35 heavy (non-hydrogen) atoms. The van der Waals surface area contributed by atoms with E-state index in [2.05, 4.69) is 5.32 Å². The van der Waals surface area contributed by atoms with E-state index in [0.717, 1.165) is 11.1 Å². The zero-order valence-corrected chi connectivity index (χ0v) is 21.4. The number of likely N-dealkylation sites (N-methyl/N-ethyl adjacent to an activating group) is 1. The summed E-state index contributed by atoms with van der Waals surface area (Å²) in [5.41, 5.74) is 2.65. The Morgan fingerprint density at radius 2 is 1.51 bits per heavy atom. The second kappa shape index (κ2) is 11.4. The van der Waals surface area contributed by atoms with E-state index >= 15 is 0 Å². The third kappa shape index (κ3) is 6.61. The first-order valence-electron chi connectivity index (χ1n) is 11.1. The molecule has 0 spiro atoms. The van der Waals surface area contributed by atoms with Gasteiger partial charge in [0.15, 0.2) is 0 Å². The number of nitrogens with one attached hydrogen (secondary N) is 1. The summed E-state index contributed by atoms with van der Waals surface area (Å²) < 4.78 is 27.0. The number of carbonyl (C=O) groups is 2. The Labute approximate surface area is 211 Å². The summed E-state index contributed by atoms with van der Waals surface area (Å²) in [5.74, 6) is -0.597. The van der Waals surface area contributed by atoms with Crippen LogP contribution in [-0.4, -0.2) is 45.3 Å². The van der Waals surface area contributed by atoms with Gasteiger partial charge in [0.2, 0.25) is 5.91 Å². The lowest BCUT2D eigenvalue weighted by Crippen LogP contribution is -2.40. The summed E-state index contributed by atoms with van der Waals surface area (Å²) in [6.07, 6.45) is 0. The van der Waals surface area contributed by atoms with Crippen molar-refractivity contribution in [2.75, 3.05) is 24.4 Å². The fourth-order valence-electron chi connectivity index (χ4n) is 3.36. The number of aryl methyl sites for hydroxylation is 1. The van der Waals surface area contributed by atoms with E-state index in [-0.39, 0.29) is 23.3 Å². The Morgan fingerprint density at radius 1 is 0.914 bits per heavy atom. The van der Waals surface area contributed by atoms with Crippen LogP contribution in [0, 0.1) is 6.92 Å². The Morgan fingerprint density at radius 3 is 2.09 bits per heavy atom. The maximum atomic E-state index is 13.0. The van der Waals surface area contributed by atoms with Crippen molar-refractivity contribution in [2.24, 2.45) is 0 Å². The molecule has 0 unspecified atom stereocenters. The number of hydrogen-bond donors (Lipinski definition) is 1. The van der Waals surface area contributed by atoms with Crippen molar-refractivity contribution in [3.8, 4) is 0 Å². The minimum atomic E-state index is -3.73. The van der Waals surface area contributed by atoms with Crippen LogP contribution in [0.5, 0.6) is 0 Å². The molecule has 3 aromatic rings. The third-order valence-electron chi connectivity index (χ3n) is 5.56. The summed E-state index contributed by atoms with van der Waals surface area (Å²) in [6.45, 7) is 4.26. The van der Waals surface area contributed by atoms with E-state index in [1.807, 2.05) is 19.1 Å². The van der Waals surface area contributed by atoms with Gasteiger partial charge in [-0.15, -0.1) is 0 Å². The maximum Gasteiger partial charge on any atom is 0.264 e. The van der Waals surface area contributed by atoms with Crippen molar-refractivity contribution >= 4 is 39.1 Å². The number of anilines is 1. The molecule has 7 nitrogen and oxygen atoms in total. The van der Waals surface area contributed by atoms with Gasteiger partial charge < -0.3 is 10.2 Å². The zero-order valence-electron chi connectivity index (χ0n) is 19.9. The van der Waals surface area contributed by atoms with Gasteiger partial charge in [-0.3, -0.25) is 13.9 Å². The van der Waals surface area contributed by atoms with E-state index in [0.29, 0.717) is 29.4 Å². The summed E-state index contributed by atoms with van der Waals surface area (Å²) in [7, 11) is -2.27. The molecule has 3 aromatic carbocycles. The van der Waals surface area contributed by atoms with E-state index in [1.54, 1.807) is 67.6 Å². The van der Waals surface area contributed by atoms with Gasteiger partial charge in [-0.1, -0.05) is 41.4 Å². The molecule has 0 fully saturated rings.